The summed E-state index contributed by atoms with van der Waals surface area (Å²) in [4.78, 5) is 17.1. The van der Waals surface area contributed by atoms with Gasteiger partial charge in [0.1, 0.15) is 0 Å². The first kappa shape index (κ1) is 17.4. The zero-order valence-electron chi connectivity index (χ0n) is 14.1. The second-order valence-corrected chi connectivity index (χ2v) is 7.04. The summed E-state index contributed by atoms with van der Waals surface area (Å²) in [7, 11) is 0. The summed E-state index contributed by atoms with van der Waals surface area (Å²) in [5.41, 5.74) is 2.75. The number of rotatable bonds is 4. The molecule has 0 spiro atoms. The lowest BCUT2D eigenvalue weighted by atomic mass is 10.1. The molecule has 4 rings (SSSR count). The van der Waals surface area contributed by atoms with Crippen LogP contribution in [0.4, 0.5) is 5.69 Å². The first-order valence-electron chi connectivity index (χ1n) is 8.26. The summed E-state index contributed by atoms with van der Waals surface area (Å²) in [6.07, 6.45) is 0. The largest absolute Gasteiger partial charge is 0.334 e. The van der Waals surface area contributed by atoms with E-state index in [2.05, 4.69) is 38.0 Å². The Hall–Kier alpha value is -3.00. The van der Waals surface area contributed by atoms with Gasteiger partial charge in [0.15, 0.2) is 0 Å². The highest BCUT2D eigenvalue weighted by Crippen LogP contribution is 2.28. The molecule has 0 fully saturated rings. The van der Waals surface area contributed by atoms with Crippen molar-refractivity contribution in [2.45, 2.75) is 0 Å². The van der Waals surface area contributed by atoms with E-state index in [9.17, 15) is 4.79 Å². The second kappa shape index (κ2) is 7.71. The van der Waals surface area contributed by atoms with Gasteiger partial charge in [0.05, 0.1) is 11.3 Å². The van der Waals surface area contributed by atoms with Crippen LogP contribution in [0.5, 0.6) is 0 Å². The van der Waals surface area contributed by atoms with Gasteiger partial charge in [-0.15, -0.1) is 0 Å². The maximum atomic E-state index is 12.6. The molecule has 0 bridgehead atoms. The Balaban J connectivity index is 1.64. The molecule has 0 aliphatic rings. The molecule has 0 saturated heterocycles. The van der Waals surface area contributed by atoms with Crippen LogP contribution in [-0.2, 0) is 0 Å². The summed E-state index contributed by atoms with van der Waals surface area (Å²) in [5, 5.41) is 6.98. The van der Waals surface area contributed by atoms with E-state index in [-0.39, 0.29) is 5.91 Å². The van der Waals surface area contributed by atoms with Crippen LogP contribution in [0.3, 0.4) is 0 Å². The quantitative estimate of drug-likeness (QED) is 0.416. The predicted octanol–water partition coefficient (Wildman–Crippen LogP) is 5.26. The predicted molar refractivity (Wildman–Crippen MR) is 112 cm³/mol. The van der Waals surface area contributed by atoms with Gasteiger partial charge in [-0.2, -0.15) is 4.98 Å². The van der Waals surface area contributed by atoms with Crippen molar-refractivity contribution in [3.05, 3.63) is 88.0 Å². The Bertz CT molecular complexity index is 1090. The van der Waals surface area contributed by atoms with Crippen molar-refractivity contribution in [3.8, 4) is 22.8 Å². The van der Waals surface area contributed by atoms with Crippen LogP contribution in [0.25, 0.3) is 22.8 Å². The molecule has 3 aromatic carbocycles. The number of hydrogen-bond acceptors (Lipinski definition) is 4. The van der Waals surface area contributed by atoms with E-state index in [1.54, 1.807) is 6.07 Å². The number of nitrogens with zero attached hydrogens (tertiary/aromatic N) is 2. The molecular formula is C21H14IN3O2. The Labute approximate surface area is 169 Å². The third-order valence-corrected chi connectivity index (χ3v) is 4.62. The minimum atomic E-state index is -0.191. The number of hydrogen-bond donors (Lipinski definition) is 1. The molecule has 0 aliphatic heterocycles. The monoisotopic (exact) mass is 467 g/mol. The molecule has 0 atom stereocenters. The number of carbonyl (C=O) groups excluding carboxylic acids is 1. The Morgan fingerprint density at radius 3 is 2.52 bits per heavy atom. The highest BCUT2D eigenvalue weighted by Gasteiger charge is 2.16. The first-order chi connectivity index (χ1) is 13.2. The van der Waals surface area contributed by atoms with Crippen LogP contribution in [-0.4, -0.2) is 16.0 Å². The maximum Gasteiger partial charge on any atom is 0.260 e. The van der Waals surface area contributed by atoms with E-state index in [0.717, 1.165) is 9.13 Å². The second-order valence-electron chi connectivity index (χ2n) is 5.80. The van der Waals surface area contributed by atoms with Crippen LogP contribution in [0.2, 0.25) is 0 Å². The molecule has 0 unspecified atom stereocenters. The minimum absolute atomic E-state index is 0.191. The van der Waals surface area contributed by atoms with Crippen molar-refractivity contribution in [3.63, 3.8) is 0 Å². The molecule has 1 N–H and O–H groups in total. The number of benzene rings is 3. The lowest BCUT2D eigenvalue weighted by Gasteiger charge is -2.08. The summed E-state index contributed by atoms with van der Waals surface area (Å²) in [6.45, 7) is 0. The highest BCUT2D eigenvalue weighted by molar-refractivity contribution is 14.1. The van der Waals surface area contributed by atoms with Gasteiger partial charge in [-0.25, -0.2) is 0 Å². The first-order valence-corrected chi connectivity index (χ1v) is 9.34. The van der Waals surface area contributed by atoms with Gasteiger partial charge >= 0.3 is 0 Å². The van der Waals surface area contributed by atoms with Gasteiger partial charge in [-0.1, -0.05) is 53.7 Å². The summed E-state index contributed by atoms with van der Waals surface area (Å²) < 4.78 is 6.44. The summed E-state index contributed by atoms with van der Waals surface area (Å²) in [5.74, 6) is 0.667. The van der Waals surface area contributed by atoms with Crippen LogP contribution in [0, 0.1) is 3.57 Å². The molecule has 1 amide bonds. The Kier molecular flexibility index (Phi) is 4.97. The van der Waals surface area contributed by atoms with Gasteiger partial charge in [0.25, 0.3) is 11.8 Å². The standard InChI is InChI=1S/C21H14IN3O2/c22-16-10-6-9-15(13-16)20(26)23-18-12-5-4-11-17(18)21-24-19(25-27-21)14-7-2-1-3-8-14/h1-13H,(H,23,26). The third-order valence-electron chi connectivity index (χ3n) is 3.95. The molecule has 132 valence electrons. The fraction of sp³-hybridized carbons (Fsp3) is 0. The molecule has 6 heteroatoms. The normalized spacial score (nSPS) is 10.6. The number of nitrogens with one attached hydrogen (secondary N) is 1. The van der Waals surface area contributed by atoms with E-state index in [4.69, 9.17) is 4.52 Å². The molecule has 1 heterocycles. The number of aromatic nitrogens is 2. The number of para-hydroxylation sites is 1. The minimum Gasteiger partial charge on any atom is -0.334 e. The number of amides is 1. The lowest BCUT2D eigenvalue weighted by molar-refractivity contribution is 0.102. The van der Waals surface area contributed by atoms with Gasteiger partial charge in [-0.3, -0.25) is 4.79 Å². The van der Waals surface area contributed by atoms with Crippen molar-refractivity contribution in [2.24, 2.45) is 0 Å². The maximum absolute atomic E-state index is 12.6. The summed E-state index contributed by atoms with van der Waals surface area (Å²) >= 11 is 2.18. The van der Waals surface area contributed by atoms with Crippen molar-refractivity contribution in [1.29, 1.82) is 0 Å². The van der Waals surface area contributed by atoms with Crippen LogP contribution in [0.1, 0.15) is 10.4 Å². The topological polar surface area (TPSA) is 68.0 Å². The van der Waals surface area contributed by atoms with Crippen molar-refractivity contribution in [2.75, 3.05) is 5.32 Å². The van der Waals surface area contributed by atoms with E-state index < -0.39 is 0 Å². The fourth-order valence-electron chi connectivity index (χ4n) is 2.64. The summed E-state index contributed by atoms with van der Waals surface area (Å²) in [6, 6.07) is 24.4. The molecule has 4 aromatic rings. The van der Waals surface area contributed by atoms with Crippen LogP contribution < -0.4 is 5.32 Å². The van der Waals surface area contributed by atoms with Gasteiger partial charge in [-0.05, 0) is 52.9 Å². The highest BCUT2D eigenvalue weighted by atomic mass is 127. The van der Waals surface area contributed by atoms with Crippen molar-refractivity contribution >= 4 is 34.2 Å². The van der Waals surface area contributed by atoms with E-state index >= 15 is 0 Å². The van der Waals surface area contributed by atoms with Crippen LogP contribution >= 0.6 is 22.6 Å². The van der Waals surface area contributed by atoms with Gasteiger partial charge < -0.3 is 9.84 Å². The molecule has 0 radical (unpaired) electrons. The molecule has 0 aliphatic carbocycles. The smallest absolute Gasteiger partial charge is 0.260 e. The average molecular weight is 467 g/mol. The fourth-order valence-corrected chi connectivity index (χ4v) is 3.18. The van der Waals surface area contributed by atoms with E-state index in [1.165, 1.54) is 0 Å². The average Bonchev–Trinajstić information content (AvgIpc) is 3.19. The number of halogens is 1. The van der Waals surface area contributed by atoms with Crippen LogP contribution in [0.15, 0.2) is 83.4 Å². The van der Waals surface area contributed by atoms with Gasteiger partial charge in [0, 0.05) is 14.7 Å². The number of anilines is 1. The molecule has 5 nitrogen and oxygen atoms in total. The van der Waals surface area contributed by atoms with Gasteiger partial charge in [0.2, 0.25) is 5.82 Å². The molecule has 0 saturated carbocycles. The Morgan fingerprint density at radius 1 is 0.926 bits per heavy atom. The third kappa shape index (κ3) is 3.90. The Morgan fingerprint density at radius 2 is 1.70 bits per heavy atom. The molecule has 1 aromatic heterocycles. The SMILES string of the molecule is O=C(Nc1ccccc1-c1nc(-c2ccccc2)no1)c1cccc(I)c1. The molecule has 27 heavy (non-hydrogen) atoms. The van der Waals surface area contributed by atoms with E-state index in [0.29, 0.717) is 28.5 Å². The van der Waals surface area contributed by atoms with Crippen molar-refractivity contribution < 1.29 is 9.32 Å². The van der Waals surface area contributed by atoms with E-state index in [1.807, 2.05) is 72.8 Å². The lowest BCUT2D eigenvalue weighted by Crippen LogP contribution is -2.12. The van der Waals surface area contributed by atoms with Crippen molar-refractivity contribution in [1.82, 2.24) is 10.1 Å². The zero-order valence-corrected chi connectivity index (χ0v) is 16.3. The molecular weight excluding hydrogens is 453 g/mol. The zero-order chi connectivity index (χ0) is 18.6. The number of carbonyl (C=O) groups is 1.